The Kier molecular flexibility index (Phi) is 6.08. The molecule has 0 aromatic heterocycles. The second-order valence-corrected chi connectivity index (χ2v) is 7.76. The Labute approximate surface area is 183 Å². The lowest BCUT2D eigenvalue weighted by molar-refractivity contribution is -0.132. The van der Waals surface area contributed by atoms with Gasteiger partial charge in [-0.3, -0.25) is 14.4 Å². The topological polar surface area (TPSA) is 70.2 Å². The molecule has 2 aromatic rings. The first-order chi connectivity index (χ1) is 14.9. The first kappa shape index (κ1) is 21.1. The number of fused-ring (bicyclic) bond motifs is 1. The van der Waals surface area contributed by atoms with Crippen LogP contribution in [0.2, 0.25) is 5.02 Å². The second kappa shape index (κ2) is 8.93. The molecular formula is C22H21ClFN3O4. The maximum Gasteiger partial charge on any atom is 0.265 e. The molecule has 3 amide bonds. The van der Waals surface area contributed by atoms with Crippen LogP contribution in [0.3, 0.4) is 0 Å². The largest absolute Gasteiger partial charge is 0.482 e. The predicted molar refractivity (Wildman–Crippen MR) is 113 cm³/mol. The van der Waals surface area contributed by atoms with Crippen molar-refractivity contribution >= 4 is 35.0 Å². The lowest BCUT2D eigenvalue weighted by Gasteiger charge is -2.35. The third-order valence-electron chi connectivity index (χ3n) is 5.44. The highest BCUT2D eigenvalue weighted by molar-refractivity contribution is 6.33. The summed E-state index contributed by atoms with van der Waals surface area (Å²) in [4.78, 5) is 42.5. The molecule has 0 bridgehead atoms. The SMILES string of the molecule is O=C(CCN1C(=O)COc2ccccc21)N1CCN(C(=O)c2ccc(F)cc2Cl)CC1. The molecule has 2 aliphatic rings. The van der Waals surface area contributed by atoms with Crippen LogP contribution in [0.25, 0.3) is 0 Å². The molecule has 0 unspecified atom stereocenters. The third kappa shape index (κ3) is 4.49. The van der Waals surface area contributed by atoms with Gasteiger partial charge in [-0.2, -0.15) is 0 Å². The summed E-state index contributed by atoms with van der Waals surface area (Å²) in [7, 11) is 0. The van der Waals surface area contributed by atoms with Crippen LogP contribution in [0.5, 0.6) is 5.75 Å². The number of ether oxygens (including phenoxy) is 1. The number of carbonyl (C=O) groups is 3. The van der Waals surface area contributed by atoms with Crippen molar-refractivity contribution in [2.75, 3.05) is 44.2 Å². The van der Waals surface area contributed by atoms with Crippen molar-refractivity contribution in [1.29, 1.82) is 0 Å². The van der Waals surface area contributed by atoms with Crippen LogP contribution < -0.4 is 9.64 Å². The van der Waals surface area contributed by atoms with Gasteiger partial charge in [0.2, 0.25) is 5.91 Å². The molecule has 0 N–H and O–H groups in total. The number of nitrogens with zero attached hydrogens (tertiary/aromatic N) is 3. The number of piperazine rings is 1. The number of carbonyl (C=O) groups excluding carboxylic acids is 3. The summed E-state index contributed by atoms with van der Waals surface area (Å²) in [5.41, 5.74) is 0.908. The van der Waals surface area contributed by atoms with Gasteiger partial charge in [0.15, 0.2) is 6.61 Å². The van der Waals surface area contributed by atoms with Crippen LogP contribution in [0.15, 0.2) is 42.5 Å². The summed E-state index contributed by atoms with van der Waals surface area (Å²) in [6.45, 7) is 1.71. The standard InChI is InChI=1S/C22H21ClFN3O4/c23-17-13-15(24)5-6-16(17)22(30)26-11-9-25(10-12-26)20(28)7-8-27-18-3-1-2-4-19(18)31-14-21(27)29/h1-6,13H,7-12,14H2. The highest BCUT2D eigenvalue weighted by atomic mass is 35.5. The normalized spacial score (nSPS) is 16.1. The average molecular weight is 446 g/mol. The van der Waals surface area contributed by atoms with Crippen LogP contribution in [0.1, 0.15) is 16.8 Å². The van der Waals surface area contributed by atoms with E-state index in [2.05, 4.69) is 0 Å². The van der Waals surface area contributed by atoms with Crippen molar-refractivity contribution in [3.63, 3.8) is 0 Å². The minimum absolute atomic E-state index is 0.0437. The summed E-state index contributed by atoms with van der Waals surface area (Å²) in [6, 6.07) is 10.9. The van der Waals surface area contributed by atoms with E-state index in [0.29, 0.717) is 37.6 Å². The van der Waals surface area contributed by atoms with Crippen molar-refractivity contribution < 1.29 is 23.5 Å². The number of hydrogen-bond acceptors (Lipinski definition) is 4. The van der Waals surface area contributed by atoms with Crippen LogP contribution in [-0.2, 0) is 9.59 Å². The van der Waals surface area contributed by atoms with E-state index in [4.69, 9.17) is 16.3 Å². The average Bonchev–Trinajstić information content (AvgIpc) is 2.78. The molecule has 1 fully saturated rings. The van der Waals surface area contributed by atoms with Gasteiger partial charge in [0, 0.05) is 39.1 Å². The third-order valence-corrected chi connectivity index (χ3v) is 5.75. The Bertz CT molecular complexity index is 1020. The monoisotopic (exact) mass is 445 g/mol. The Morgan fingerprint density at radius 3 is 2.48 bits per heavy atom. The van der Waals surface area contributed by atoms with E-state index >= 15 is 0 Å². The molecule has 7 nitrogen and oxygen atoms in total. The van der Waals surface area contributed by atoms with Gasteiger partial charge in [-0.05, 0) is 30.3 Å². The van der Waals surface area contributed by atoms with Crippen LogP contribution in [-0.4, -0.2) is 66.9 Å². The smallest absolute Gasteiger partial charge is 0.265 e. The molecule has 31 heavy (non-hydrogen) atoms. The molecule has 1 saturated heterocycles. The fourth-order valence-corrected chi connectivity index (χ4v) is 4.00. The summed E-state index contributed by atoms with van der Waals surface area (Å²) in [5, 5.41) is 0.0685. The molecule has 0 spiro atoms. The van der Waals surface area contributed by atoms with E-state index in [9.17, 15) is 18.8 Å². The van der Waals surface area contributed by atoms with Gasteiger partial charge in [0.1, 0.15) is 11.6 Å². The number of hydrogen-bond donors (Lipinski definition) is 0. The number of anilines is 1. The number of benzene rings is 2. The Morgan fingerprint density at radius 1 is 1.03 bits per heavy atom. The van der Waals surface area contributed by atoms with Gasteiger partial charge < -0.3 is 19.4 Å². The fraction of sp³-hybridized carbons (Fsp3) is 0.318. The van der Waals surface area contributed by atoms with E-state index in [1.54, 1.807) is 26.8 Å². The highest BCUT2D eigenvalue weighted by Gasteiger charge is 2.29. The molecule has 0 aliphatic carbocycles. The second-order valence-electron chi connectivity index (χ2n) is 7.35. The molecule has 2 aliphatic heterocycles. The molecule has 2 heterocycles. The van der Waals surface area contributed by atoms with Gasteiger partial charge in [-0.15, -0.1) is 0 Å². The highest BCUT2D eigenvalue weighted by Crippen LogP contribution is 2.31. The summed E-state index contributed by atoms with van der Waals surface area (Å²) >= 11 is 5.99. The van der Waals surface area contributed by atoms with Gasteiger partial charge >= 0.3 is 0 Å². The molecule has 0 atom stereocenters. The molecule has 162 valence electrons. The van der Waals surface area contributed by atoms with Crippen LogP contribution >= 0.6 is 11.6 Å². The fourth-order valence-electron chi connectivity index (χ4n) is 3.76. The summed E-state index contributed by atoms with van der Waals surface area (Å²) in [5.74, 6) is -0.422. The number of rotatable bonds is 4. The van der Waals surface area contributed by atoms with Crippen LogP contribution in [0, 0.1) is 5.82 Å². The minimum Gasteiger partial charge on any atom is -0.482 e. The van der Waals surface area contributed by atoms with Gasteiger partial charge in [0.25, 0.3) is 11.8 Å². The maximum absolute atomic E-state index is 13.2. The molecular weight excluding hydrogens is 425 g/mol. The van der Waals surface area contributed by atoms with E-state index < -0.39 is 5.82 Å². The van der Waals surface area contributed by atoms with E-state index in [1.165, 1.54) is 12.1 Å². The van der Waals surface area contributed by atoms with E-state index in [0.717, 1.165) is 6.07 Å². The lowest BCUT2D eigenvalue weighted by Crippen LogP contribution is -2.51. The zero-order valence-corrected chi connectivity index (χ0v) is 17.5. The van der Waals surface area contributed by atoms with Crippen molar-refractivity contribution in [2.45, 2.75) is 6.42 Å². The molecule has 0 radical (unpaired) electrons. The molecule has 2 aromatic carbocycles. The molecule has 9 heteroatoms. The predicted octanol–water partition coefficient (Wildman–Crippen LogP) is 2.58. The number of halogens is 2. The Hall–Kier alpha value is -3.13. The molecule has 4 rings (SSSR count). The minimum atomic E-state index is -0.502. The zero-order chi connectivity index (χ0) is 22.0. The van der Waals surface area contributed by atoms with Crippen molar-refractivity contribution in [3.8, 4) is 5.75 Å². The zero-order valence-electron chi connectivity index (χ0n) is 16.7. The number of amides is 3. The summed E-state index contributed by atoms with van der Waals surface area (Å²) in [6.07, 6.45) is 0.178. The van der Waals surface area contributed by atoms with Gasteiger partial charge in [0.05, 0.1) is 16.3 Å². The van der Waals surface area contributed by atoms with Gasteiger partial charge in [-0.25, -0.2) is 4.39 Å². The van der Waals surface area contributed by atoms with Crippen molar-refractivity contribution in [1.82, 2.24) is 9.80 Å². The van der Waals surface area contributed by atoms with Crippen molar-refractivity contribution in [3.05, 3.63) is 58.9 Å². The van der Waals surface area contributed by atoms with Crippen molar-refractivity contribution in [2.24, 2.45) is 0 Å². The van der Waals surface area contributed by atoms with Gasteiger partial charge in [-0.1, -0.05) is 23.7 Å². The quantitative estimate of drug-likeness (QED) is 0.725. The van der Waals surface area contributed by atoms with E-state index in [-0.39, 0.29) is 47.9 Å². The first-order valence-electron chi connectivity index (χ1n) is 9.98. The molecule has 0 saturated carbocycles. The van der Waals surface area contributed by atoms with E-state index in [1.807, 2.05) is 12.1 Å². The number of para-hydroxylation sites is 2. The summed E-state index contributed by atoms with van der Waals surface area (Å²) < 4.78 is 18.6. The Morgan fingerprint density at radius 2 is 1.74 bits per heavy atom. The first-order valence-corrected chi connectivity index (χ1v) is 10.4. The maximum atomic E-state index is 13.2. The lowest BCUT2D eigenvalue weighted by atomic mass is 10.1. The van der Waals surface area contributed by atoms with Crippen LogP contribution in [0.4, 0.5) is 10.1 Å². The Balaban J connectivity index is 1.32.